The van der Waals surface area contributed by atoms with Gasteiger partial charge in [-0.25, -0.2) is 0 Å². The van der Waals surface area contributed by atoms with Crippen molar-refractivity contribution in [3.8, 4) is 0 Å². The number of nitrogens with zero attached hydrogens (tertiary/aromatic N) is 2. The molecule has 0 heterocycles. The number of carbonyl (C=O) groups is 2. The zero-order valence-electron chi connectivity index (χ0n) is 15.7. The molecular formula is C20H18Cl4N2O3. The van der Waals surface area contributed by atoms with Gasteiger partial charge in [-0.2, -0.15) is 0 Å². The summed E-state index contributed by atoms with van der Waals surface area (Å²) in [6.45, 7) is 0.107. The Bertz CT molecular complexity index is 914. The van der Waals surface area contributed by atoms with Crippen molar-refractivity contribution >= 4 is 64.3 Å². The molecule has 9 heteroatoms. The van der Waals surface area contributed by atoms with Crippen molar-refractivity contribution in [1.29, 1.82) is 0 Å². The molecule has 1 atom stereocenters. The fraction of sp³-hybridized carbons (Fsp3) is 0.250. The number of hydrogen-bond acceptors (Lipinski definition) is 4. The Kier molecular flexibility index (Phi) is 8.78. The minimum Gasteiger partial charge on any atom is -0.399 e. The lowest BCUT2D eigenvalue weighted by atomic mass is 9.91. The molecule has 0 spiro atoms. The van der Waals surface area contributed by atoms with Crippen LogP contribution in [0.5, 0.6) is 0 Å². The predicted molar refractivity (Wildman–Crippen MR) is 118 cm³/mol. The van der Waals surface area contributed by atoms with Crippen LogP contribution in [0.4, 0.5) is 0 Å². The first-order valence-electron chi connectivity index (χ1n) is 8.46. The van der Waals surface area contributed by atoms with Gasteiger partial charge in [0, 0.05) is 35.0 Å². The van der Waals surface area contributed by atoms with E-state index in [9.17, 15) is 9.59 Å². The molecule has 0 saturated carbocycles. The Morgan fingerprint density at radius 1 is 1.10 bits per heavy atom. The van der Waals surface area contributed by atoms with Crippen LogP contribution < -0.4 is 0 Å². The Labute approximate surface area is 189 Å². The molecule has 29 heavy (non-hydrogen) atoms. The van der Waals surface area contributed by atoms with Crippen molar-refractivity contribution < 1.29 is 14.4 Å². The van der Waals surface area contributed by atoms with Gasteiger partial charge in [0.1, 0.15) is 13.4 Å². The zero-order valence-corrected chi connectivity index (χ0v) is 18.7. The molecule has 1 amide bonds. The van der Waals surface area contributed by atoms with Gasteiger partial charge in [0.15, 0.2) is 0 Å². The van der Waals surface area contributed by atoms with E-state index in [2.05, 4.69) is 5.16 Å². The molecule has 2 aromatic carbocycles. The summed E-state index contributed by atoms with van der Waals surface area (Å²) >= 11 is 24.1. The minimum absolute atomic E-state index is 0.107. The van der Waals surface area contributed by atoms with E-state index in [1.807, 2.05) is 0 Å². The van der Waals surface area contributed by atoms with Gasteiger partial charge in [0.2, 0.25) is 0 Å². The van der Waals surface area contributed by atoms with E-state index in [1.54, 1.807) is 31.3 Å². The van der Waals surface area contributed by atoms with Crippen molar-refractivity contribution in [2.45, 2.75) is 12.3 Å². The smallest absolute Gasteiger partial charge is 0.254 e. The summed E-state index contributed by atoms with van der Waals surface area (Å²) in [6.07, 6.45) is 0.905. The van der Waals surface area contributed by atoms with Gasteiger partial charge in [-0.3, -0.25) is 4.79 Å². The third-order valence-corrected chi connectivity index (χ3v) is 5.32. The number of halogens is 4. The van der Waals surface area contributed by atoms with Crippen molar-refractivity contribution in [3.05, 3.63) is 67.6 Å². The van der Waals surface area contributed by atoms with E-state index in [-0.39, 0.29) is 18.9 Å². The van der Waals surface area contributed by atoms with Crippen LogP contribution in [0.15, 0.2) is 41.6 Å². The number of rotatable bonds is 8. The Balaban J connectivity index is 2.32. The Hall–Kier alpha value is -1.79. The second-order valence-electron chi connectivity index (χ2n) is 6.21. The second-order valence-corrected chi connectivity index (χ2v) is 7.90. The van der Waals surface area contributed by atoms with Crippen molar-refractivity contribution in [1.82, 2.24) is 4.90 Å². The quantitative estimate of drug-likeness (QED) is 0.277. The molecular weight excluding hydrogens is 458 g/mol. The number of aldehydes is 1. The highest BCUT2D eigenvalue weighted by Crippen LogP contribution is 2.29. The fourth-order valence-electron chi connectivity index (χ4n) is 2.82. The third-order valence-electron chi connectivity index (χ3n) is 4.14. The number of hydrogen-bond donors (Lipinski definition) is 0. The van der Waals surface area contributed by atoms with Crippen LogP contribution in [0.1, 0.15) is 28.3 Å². The summed E-state index contributed by atoms with van der Waals surface area (Å²) in [5, 5.41) is 5.53. The molecule has 0 aliphatic heterocycles. The van der Waals surface area contributed by atoms with Gasteiger partial charge in [0.25, 0.3) is 5.91 Å². The molecule has 0 fully saturated rings. The molecule has 0 aliphatic carbocycles. The number of oxime groups is 1. The van der Waals surface area contributed by atoms with Crippen LogP contribution in [-0.4, -0.2) is 43.5 Å². The monoisotopic (exact) mass is 474 g/mol. The minimum atomic E-state index is -0.444. The van der Waals surface area contributed by atoms with Crippen LogP contribution in [0.3, 0.4) is 0 Å². The van der Waals surface area contributed by atoms with E-state index in [0.29, 0.717) is 31.4 Å². The van der Waals surface area contributed by atoms with Crippen molar-refractivity contribution in [2.24, 2.45) is 5.16 Å². The highest BCUT2D eigenvalue weighted by atomic mass is 35.5. The zero-order chi connectivity index (χ0) is 21.6. The highest BCUT2D eigenvalue weighted by Gasteiger charge is 2.24. The SMILES string of the molecule is CON=C(CN(C)C(=O)c1cc(Cl)cc(Cl)c1)[C@@H](CC=O)c1ccc(Cl)c(Cl)c1. The molecule has 2 aromatic rings. The van der Waals surface area contributed by atoms with Gasteiger partial charge in [-0.15, -0.1) is 0 Å². The molecule has 5 nitrogen and oxygen atoms in total. The van der Waals surface area contributed by atoms with E-state index in [4.69, 9.17) is 51.2 Å². The first kappa shape index (κ1) is 23.5. The maximum absolute atomic E-state index is 12.8. The normalized spacial score (nSPS) is 12.4. The van der Waals surface area contributed by atoms with Gasteiger partial charge >= 0.3 is 0 Å². The summed E-state index contributed by atoms with van der Waals surface area (Å²) in [5.74, 6) is -0.752. The summed E-state index contributed by atoms with van der Waals surface area (Å²) in [5.41, 5.74) is 1.54. The highest BCUT2D eigenvalue weighted by molar-refractivity contribution is 6.42. The maximum atomic E-state index is 12.8. The molecule has 0 bridgehead atoms. The van der Waals surface area contributed by atoms with Crippen LogP contribution in [0, 0.1) is 0 Å². The van der Waals surface area contributed by atoms with E-state index < -0.39 is 5.92 Å². The molecule has 0 N–H and O–H groups in total. The number of amides is 1. The summed E-state index contributed by atoms with van der Waals surface area (Å²) < 4.78 is 0. The summed E-state index contributed by atoms with van der Waals surface area (Å²) in [6, 6.07) is 9.67. The average Bonchev–Trinajstić information content (AvgIpc) is 2.66. The average molecular weight is 476 g/mol. The van der Waals surface area contributed by atoms with E-state index in [0.717, 1.165) is 11.8 Å². The van der Waals surface area contributed by atoms with Crippen LogP contribution in [-0.2, 0) is 9.63 Å². The van der Waals surface area contributed by atoms with Gasteiger partial charge in [-0.05, 0) is 35.9 Å². The van der Waals surface area contributed by atoms with E-state index >= 15 is 0 Å². The van der Waals surface area contributed by atoms with Crippen LogP contribution >= 0.6 is 46.4 Å². The predicted octanol–water partition coefficient (Wildman–Crippen LogP) is 5.75. The maximum Gasteiger partial charge on any atom is 0.254 e. The molecule has 0 aliphatic rings. The lowest BCUT2D eigenvalue weighted by Crippen LogP contribution is -2.35. The molecule has 0 saturated heterocycles. The van der Waals surface area contributed by atoms with Gasteiger partial charge in [-0.1, -0.05) is 57.6 Å². The molecule has 0 radical (unpaired) electrons. The molecule has 154 valence electrons. The second kappa shape index (κ2) is 10.8. The Morgan fingerprint density at radius 2 is 1.76 bits per heavy atom. The third kappa shape index (κ3) is 6.34. The van der Waals surface area contributed by atoms with Crippen molar-refractivity contribution in [3.63, 3.8) is 0 Å². The first-order chi connectivity index (χ1) is 13.8. The largest absolute Gasteiger partial charge is 0.399 e. The number of benzene rings is 2. The number of carbonyl (C=O) groups excluding carboxylic acids is 2. The molecule has 0 aromatic heterocycles. The molecule has 2 rings (SSSR count). The van der Waals surface area contributed by atoms with Gasteiger partial charge < -0.3 is 14.5 Å². The molecule has 0 unspecified atom stereocenters. The van der Waals surface area contributed by atoms with Crippen LogP contribution in [0.2, 0.25) is 20.1 Å². The fourth-order valence-corrected chi connectivity index (χ4v) is 3.65. The topological polar surface area (TPSA) is 59.0 Å². The summed E-state index contributed by atoms with van der Waals surface area (Å²) in [7, 11) is 3.00. The standard InChI is InChI=1S/C20H18Cl4N2O3/c1-26(20(28)13-7-14(21)10-15(22)8-13)11-19(25-29-2)16(5-6-27)12-3-4-17(23)18(24)9-12/h3-4,6-10,16H,5,11H2,1-2H3/t16-/m0/s1. The van der Waals surface area contributed by atoms with Crippen molar-refractivity contribution in [2.75, 3.05) is 20.7 Å². The van der Waals surface area contributed by atoms with E-state index in [1.165, 1.54) is 24.1 Å². The van der Waals surface area contributed by atoms with Crippen LogP contribution in [0.25, 0.3) is 0 Å². The Morgan fingerprint density at radius 3 is 2.31 bits per heavy atom. The summed E-state index contributed by atoms with van der Waals surface area (Å²) in [4.78, 5) is 30.5. The lowest BCUT2D eigenvalue weighted by Gasteiger charge is -2.23. The lowest BCUT2D eigenvalue weighted by molar-refractivity contribution is -0.107. The first-order valence-corrected chi connectivity index (χ1v) is 9.98. The van der Waals surface area contributed by atoms with Gasteiger partial charge in [0.05, 0.1) is 22.3 Å².